The van der Waals surface area contributed by atoms with Gasteiger partial charge in [-0.05, 0) is 13.8 Å². The molecule has 76 valence electrons. The average molecular weight is 196 g/mol. The molecule has 0 aliphatic carbocycles. The van der Waals surface area contributed by atoms with Crippen LogP contribution >= 0.6 is 0 Å². The minimum atomic E-state index is -1.02. The van der Waals surface area contributed by atoms with Crippen molar-refractivity contribution < 1.29 is 9.90 Å². The van der Waals surface area contributed by atoms with Gasteiger partial charge in [0.2, 0.25) is 0 Å². The van der Waals surface area contributed by atoms with Gasteiger partial charge < -0.3 is 5.11 Å². The average Bonchev–Trinajstić information content (AvgIpc) is 2.10. The van der Waals surface area contributed by atoms with Crippen LogP contribution < -0.4 is 5.56 Å². The Morgan fingerprint density at radius 3 is 2.79 bits per heavy atom. The van der Waals surface area contributed by atoms with E-state index in [9.17, 15) is 9.59 Å². The van der Waals surface area contributed by atoms with E-state index in [1.54, 1.807) is 6.92 Å². The highest BCUT2D eigenvalue weighted by atomic mass is 16.4. The largest absolute Gasteiger partial charge is 0.481 e. The summed E-state index contributed by atoms with van der Waals surface area (Å²) in [5, 5.41) is 8.55. The summed E-state index contributed by atoms with van der Waals surface area (Å²) in [5.74, 6) is -0.415. The summed E-state index contributed by atoms with van der Waals surface area (Å²) in [6.45, 7) is 4.04. The number of nitrogens with zero attached hydrogens (tertiary/aromatic N) is 2. The quantitative estimate of drug-likeness (QED) is 0.749. The fraction of sp³-hybridized carbons (Fsp3) is 0.444. The molecule has 0 amide bonds. The molecule has 0 saturated carbocycles. The third-order valence-corrected chi connectivity index (χ3v) is 1.98. The van der Waals surface area contributed by atoms with Crippen molar-refractivity contribution in [3.05, 3.63) is 27.9 Å². The molecule has 1 rings (SSSR count). The molecule has 0 aliphatic rings. The maximum Gasteiger partial charge on any atom is 0.308 e. The highest BCUT2D eigenvalue weighted by molar-refractivity contribution is 5.69. The minimum Gasteiger partial charge on any atom is -0.481 e. The first-order valence-corrected chi connectivity index (χ1v) is 4.33. The van der Waals surface area contributed by atoms with E-state index in [-0.39, 0.29) is 17.5 Å². The number of aryl methyl sites for hydroxylation is 1. The van der Waals surface area contributed by atoms with Gasteiger partial charge in [0.05, 0.1) is 6.42 Å². The first-order valence-electron chi connectivity index (χ1n) is 4.33. The SMILES string of the molecule is CCn1c(C)ncc(CC(=O)O)c1=O. The van der Waals surface area contributed by atoms with E-state index in [4.69, 9.17) is 5.11 Å². The smallest absolute Gasteiger partial charge is 0.308 e. The van der Waals surface area contributed by atoms with E-state index in [2.05, 4.69) is 4.98 Å². The molecular weight excluding hydrogens is 184 g/mol. The van der Waals surface area contributed by atoms with Gasteiger partial charge in [-0.3, -0.25) is 14.2 Å². The highest BCUT2D eigenvalue weighted by Crippen LogP contribution is 1.95. The minimum absolute atomic E-state index is 0.227. The predicted octanol–water partition coefficient (Wildman–Crippen LogP) is 0.199. The monoisotopic (exact) mass is 196 g/mol. The lowest BCUT2D eigenvalue weighted by molar-refractivity contribution is -0.136. The fourth-order valence-corrected chi connectivity index (χ4v) is 1.27. The highest BCUT2D eigenvalue weighted by Gasteiger charge is 2.09. The number of carbonyl (C=O) groups is 1. The fourth-order valence-electron chi connectivity index (χ4n) is 1.27. The van der Waals surface area contributed by atoms with Gasteiger partial charge in [0.15, 0.2) is 0 Å². The van der Waals surface area contributed by atoms with Crippen molar-refractivity contribution in [1.82, 2.24) is 9.55 Å². The van der Waals surface area contributed by atoms with Crippen molar-refractivity contribution in [2.24, 2.45) is 0 Å². The zero-order valence-electron chi connectivity index (χ0n) is 8.15. The Hall–Kier alpha value is -1.65. The van der Waals surface area contributed by atoms with Crippen molar-refractivity contribution in [2.75, 3.05) is 0 Å². The lowest BCUT2D eigenvalue weighted by Crippen LogP contribution is -2.27. The van der Waals surface area contributed by atoms with Crippen LogP contribution in [0.1, 0.15) is 18.3 Å². The Labute approximate surface area is 81.0 Å². The van der Waals surface area contributed by atoms with E-state index in [0.717, 1.165) is 0 Å². The summed E-state index contributed by atoms with van der Waals surface area (Å²) in [4.78, 5) is 26.0. The molecular formula is C9H12N2O3. The first kappa shape index (κ1) is 10.4. The Bertz CT molecular complexity index is 409. The van der Waals surface area contributed by atoms with Gasteiger partial charge in [-0.1, -0.05) is 0 Å². The van der Waals surface area contributed by atoms with Gasteiger partial charge >= 0.3 is 5.97 Å². The molecule has 1 aromatic heterocycles. The second-order valence-corrected chi connectivity index (χ2v) is 2.95. The van der Waals surface area contributed by atoms with Crippen LogP contribution in [0.4, 0.5) is 0 Å². The topological polar surface area (TPSA) is 72.2 Å². The molecule has 5 nitrogen and oxygen atoms in total. The van der Waals surface area contributed by atoms with Crippen LogP contribution in [0.2, 0.25) is 0 Å². The number of hydrogen-bond acceptors (Lipinski definition) is 3. The molecule has 0 aromatic carbocycles. The molecule has 0 aliphatic heterocycles. The molecule has 0 bridgehead atoms. The third kappa shape index (κ3) is 1.99. The van der Waals surface area contributed by atoms with Gasteiger partial charge in [0.1, 0.15) is 5.82 Å². The second-order valence-electron chi connectivity index (χ2n) is 2.95. The van der Waals surface area contributed by atoms with Crippen LogP contribution in [0, 0.1) is 6.92 Å². The molecule has 1 heterocycles. The normalized spacial score (nSPS) is 10.1. The zero-order chi connectivity index (χ0) is 10.7. The van der Waals surface area contributed by atoms with Crippen molar-refractivity contribution in [3.63, 3.8) is 0 Å². The number of carboxylic acid groups (broad SMARTS) is 1. The number of hydrogen-bond donors (Lipinski definition) is 1. The molecule has 0 fully saturated rings. The zero-order valence-corrected chi connectivity index (χ0v) is 8.15. The lowest BCUT2D eigenvalue weighted by Gasteiger charge is -2.06. The van der Waals surface area contributed by atoms with Crippen molar-refractivity contribution in [2.45, 2.75) is 26.8 Å². The van der Waals surface area contributed by atoms with Crippen molar-refractivity contribution >= 4 is 5.97 Å². The molecule has 0 unspecified atom stereocenters. The predicted molar refractivity (Wildman–Crippen MR) is 50.2 cm³/mol. The maximum absolute atomic E-state index is 11.6. The third-order valence-electron chi connectivity index (χ3n) is 1.98. The summed E-state index contributed by atoms with van der Waals surface area (Å²) in [7, 11) is 0. The van der Waals surface area contributed by atoms with Crippen molar-refractivity contribution in [1.29, 1.82) is 0 Å². The second kappa shape index (κ2) is 4.04. The molecule has 0 atom stereocenters. The lowest BCUT2D eigenvalue weighted by atomic mass is 10.2. The van der Waals surface area contributed by atoms with E-state index in [1.807, 2.05) is 6.92 Å². The molecule has 0 radical (unpaired) electrons. The van der Waals surface area contributed by atoms with E-state index in [1.165, 1.54) is 10.8 Å². The van der Waals surface area contributed by atoms with Crippen LogP contribution in [0.5, 0.6) is 0 Å². The van der Waals surface area contributed by atoms with E-state index >= 15 is 0 Å². The first-order chi connectivity index (χ1) is 6.56. The summed E-state index contributed by atoms with van der Waals surface area (Å²) in [5.41, 5.74) is -0.0349. The molecule has 0 saturated heterocycles. The van der Waals surface area contributed by atoms with E-state index < -0.39 is 5.97 Å². The Balaban J connectivity index is 3.22. The Morgan fingerprint density at radius 2 is 2.29 bits per heavy atom. The van der Waals surface area contributed by atoms with Crippen LogP contribution in [0.25, 0.3) is 0 Å². The maximum atomic E-state index is 11.6. The van der Waals surface area contributed by atoms with Crippen LogP contribution in [-0.4, -0.2) is 20.6 Å². The van der Waals surface area contributed by atoms with Crippen molar-refractivity contribution in [3.8, 4) is 0 Å². The summed E-state index contributed by atoms with van der Waals surface area (Å²) >= 11 is 0. The summed E-state index contributed by atoms with van der Waals surface area (Å²) < 4.78 is 1.46. The molecule has 14 heavy (non-hydrogen) atoms. The standard InChI is InChI=1S/C9H12N2O3/c1-3-11-6(2)10-5-7(9(11)14)4-8(12)13/h5H,3-4H2,1-2H3,(H,12,13). The summed E-state index contributed by atoms with van der Waals surface area (Å²) in [6.07, 6.45) is 1.06. The number of aliphatic carboxylic acids is 1. The molecule has 1 N–H and O–H groups in total. The van der Waals surface area contributed by atoms with Gasteiger partial charge in [0, 0.05) is 18.3 Å². The van der Waals surface area contributed by atoms with Gasteiger partial charge in [-0.2, -0.15) is 0 Å². The van der Waals surface area contributed by atoms with Crippen LogP contribution in [0.3, 0.4) is 0 Å². The molecule has 5 heteroatoms. The van der Waals surface area contributed by atoms with E-state index in [0.29, 0.717) is 12.4 Å². The van der Waals surface area contributed by atoms with Gasteiger partial charge in [-0.15, -0.1) is 0 Å². The number of aromatic nitrogens is 2. The summed E-state index contributed by atoms with van der Waals surface area (Å²) in [6, 6.07) is 0. The van der Waals surface area contributed by atoms with Gasteiger partial charge in [-0.25, -0.2) is 4.98 Å². The van der Waals surface area contributed by atoms with Crippen LogP contribution in [0.15, 0.2) is 11.0 Å². The number of carboxylic acids is 1. The molecule has 1 aromatic rings. The Morgan fingerprint density at radius 1 is 1.64 bits per heavy atom. The van der Waals surface area contributed by atoms with Crippen LogP contribution in [-0.2, 0) is 17.8 Å². The molecule has 0 spiro atoms. The Kier molecular flexibility index (Phi) is 3.01. The number of rotatable bonds is 3. The van der Waals surface area contributed by atoms with Gasteiger partial charge in [0.25, 0.3) is 5.56 Å².